The maximum atomic E-state index is 6.03. The third kappa shape index (κ3) is 11.1. The quantitative estimate of drug-likeness (QED) is 0.233. The summed E-state index contributed by atoms with van der Waals surface area (Å²) < 4.78 is 17.8. The maximum absolute atomic E-state index is 6.03. The molecule has 3 aromatic rings. The average Bonchev–Trinajstić information content (AvgIpc) is 3.31. The molecule has 1 heterocycles. The second kappa shape index (κ2) is 16.2. The van der Waals surface area contributed by atoms with Crippen LogP contribution >= 0.6 is 0 Å². The smallest absolute Gasteiger partial charge is 0.227 e. The van der Waals surface area contributed by atoms with Gasteiger partial charge in [-0.25, -0.2) is 4.98 Å². The minimum atomic E-state index is 0.600. The summed E-state index contributed by atoms with van der Waals surface area (Å²) in [5.74, 6) is 2.26. The maximum Gasteiger partial charge on any atom is 0.227 e. The van der Waals surface area contributed by atoms with Gasteiger partial charge < -0.3 is 34.3 Å². The zero-order valence-corrected chi connectivity index (χ0v) is 23.1. The zero-order chi connectivity index (χ0) is 26.3. The fourth-order valence-corrected chi connectivity index (χ4v) is 3.88. The number of fused-ring (bicyclic) bond motifs is 1. The van der Waals surface area contributed by atoms with Crippen LogP contribution in [0, 0.1) is 0 Å². The van der Waals surface area contributed by atoms with Gasteiger partial charge in [-0.05, 0) is 130 Å². The molecule has 0 bridgehead atoms. The molecule has 0 saturated carbocycles. The Kier molecular flexibility index (Phi) is 12.7. The Hall–Kier alpha value is -2.65. The number of rotatable bonds is 19. The Bertz CT molecular complexity index is 1020. The van der Waals surface area contributed by atoms with Gasteiger partial charge in [0, 0.05) is 11.6 Å². The predicted molar refractivity (Wildman–Crippen MR) is 152 cm³/mol. The molecule has 0 atom stereocenters. The molecule has 0 saturated heterocycles. The SMILES string of the molecule is CN(C)CCCNCCCOc1ccc(-c2nc3ccc(OCCCNCCCN(C)C)cc3o2)cc1. The van der Waals surface area contributed by atoms with E-state index in [1.165, 1.54) is 0 Å². The Morgan fingerprint density at radius 2 is 1.24 bits per heavy atom. The summed E-state index contributed by atoms with van der Waals surface area (Å²) in [4.78, 5) is 9.05. The number of oxazole rings is 1. The Balaban J connectivity index is 1.37. The number of hydrogen-bond donors (Lipinski definition) is 2. The van der Waals surface area contributed by atoms with Crippen molar-refractivity contribution in [3.63, 3.8) is 0 Å². The number of nitrogens with one attached hydrogen (secondary N) is 2. The number of nitrogens with zero attached hydrogens (tertiary/aromatic N) is 3. The van der Waals surface area contributed by atoms with Gasteiger partial charge >= 0.3 is 0 Å². The van der Waals surface area contributed by atoms with Gasteiger partial charge in [0.1, 0.15) is 17.0 Å². The van der Waals surface area contributed by atoms with Gasteiger partial charge in [0.15, 0.2) is 5.58 Å². The van der Waals surface area contributed by atoms with Gasteiger partial charge in [0.2, 0.25) is 5.89 Å². The second-order valence-corrected chi connectivity index (χ2v) is 9.89. The van der Waals surface area contributed by atoms with Crippen LogP contribution in [0.15, 0.2) is 46.9 Å². The van der Waals surface area contributed by atoms with Gasteiger partial charge in [0.25, 0.3) is 0 Å². The summed E-state index contributed by atoms with van der Waals surface area (Å²) in [5.41, 5.74) is 2.48. The van der Waals surface area contributed by atoms with E-state index < -0.39 is 0 Å². The molecular weight excluding hydrogens is 466 g/mol. The van der Waals surface area contributed by atoms with Crippen LogP contribution in [0.4, 0.5) is 0 Å². The van der Waals surface area contributed by atoms with Crippen LogP contribution in [0.1, 0.15) is 25.7 Å². The molecule has 0 radical (unpaired) electrons. The summed E-state index contributed by atoms with van der Waals surface area (Å²) >= 11 is 0. The van der Waals surface area contributed by atoms with E-state index in [1.54, 1.807) is 0 Å². The number of ether oxygens (including phenoxy) is 2. The van der Waals surface area contributed by atoms with Crippen LogP contribution in [-0.4, -0.2) is 95.5 Å². The molecule has 0 aliphatic heterocycles. The zero-order valence-electron chi connectivity index (χ0n) is 23.1. The molecule has 2 N–H and O–H groups in total. The summed E-state index contributed by atoms with van der Waals surface area (Å²) in [6.45, 7) is 7.58. The van der Waals surface area contributed by atoms with Crippen LogP contribution in [-0.2, 0) is 0 Å². The first-order valence-corrected chi connectivity index (χ1v) is 13.5. The molecule has 0 aliphatic rings. The van der Waals surface area contributed by atoms with Crippen molar-refractivity contribution in [2.75, 3.05) is 80.7 Å². The highest BCUT2D eigenvalue weighted by Gasteiger charge is 2.10. The Labute approximate surface area is 222 Å². The molecule has 0 amide bonds. The molecule has 3 rings (SSSR count). The first-order chi connectivity index (χ1) is 18.0. The highest BCUT2D eigenvalue weighted by Crippen LogP contribution is 2.28. The van der Waals surface area contributed by atoms with Crippen molar-refractivity contribution in [3.05, 3.63) is 42.5 Å². The average molecular weight is 512 g/mol. The lowest BCUT2D eigenvalue weighted by molar-refractivity contribution is 0.307. The third-order valence-corrected chi connectivity index (χ3v) is 5.91. The van der Waals surface area contributed by atoms with Gasteiger partial charge in [0.05, 0.1) is 13.2 Å². The number of aromatic nitrogens is 1. The molecular formula is C29H45N5O3. The molecule has 0 unspecified atom stereocenters. The molecule has 0 spiro atoms. The topological polar surface area (TPSA) is 75.0 Å². The normalized spacial score (nSPS) is 11.6. The van der Waals surface area contributed by atoms with Gasteiger partial charge in [-0.3, -0.25) is 0 Å². The van der Waals surface area contributed by atoms with E-state index in [2.05, 4.69) is 53.6 Å². The predicted octanol–water partition coefficient (Wildman–Crippen LogP) is 4.12. The van der Waals surface area contributed by atoms with Crippen molar-refractivity contribution < 1.29 is 13.9 Å². The fraction of sp³-hybridized carbons (Fsp3) is 0.552. The Morgan fingerprint density at radius 3 is 1.84 bits per heavy atom. The van der Waals surface area contributed by atoms with Gasteiger partial charge in [-0.15, -0.1) is 0 Å². The molecule has 0 fully saturated rings. The monoisotopic (exact) mass is 511 g/mol. The van der Waals surface area contributed by atoms with Crippen molar-refractivity contribution in [2.45, 2.75) is 25.7 Å². The van der Waals surface area contributed by atoms with E-state index in [0.29, 0.717) is 19.1 Å². The lowest BCUT2D eigenvalue weighted by atomic mass is 10.2. The van der Waals surface area contributed by atoms with E-state index in [0.717, 1.165) is 93.1 Å². The molecule has 0 aliphatic carbocycles. The van der Waals surface area contributed by atoms with Crippen LogP contribution in [0.2, 0.25) is 0 Å². The molecule has 8 nitrogen and oxygen atoms in total. The van der Waals surface area contributed by atoms with E-state index in [-0.39, 0.29) is 0 Å². The molecule has 37 heavy (non-hydrogen) atoms. The summed E-state index contributed by atoms with van der Waals surface area (Å²) in [6.07, 6.45) is 4.26. The fourth-order valence-electron chi connectivity index (χ4n) is 3.88. The van der Waals surface area contributed by atoms with E-state index in [9.17, 15) is 0 Å². The highest BCUT2D eigenvalue weighted by molar-refractivity contribution is 5.77. The molecule has 2 aromatic carbocycles. The number of benzene rings is 2. The van der Waals surface area contributed by atoms with Crippen molar-refractivity contribution in [2.24, 2.45) is 0 Å². The van der Waals surface area contributed by atoms with Crippen molar-refractivity contribution in [3.8, 4) is 23.0 Å². The minimum Gasteiger partial charge on any atom is -0.494 e. The summed E-state index contributed by atoms with van der Waals surface area (Å²) in [6, 6.07) is 13.7. The molecule has 8 heteroatoms. The molecule has 1 aromatic heterocycles. The van der Waals surface area contributed by atoms with Gasteiger partial charge in [-0.1, -0.05) is 0 Å². The van der Waals surface area contributed by atoms with Crippen LogP contribution in [0.5, 0.6) is 11.5 Å². The minimum absolute atomic E-state index is 0.600. The van der Waals surface area contributed by atoms with E-state index in [1.807, 2.05) is 42.5 Å². The lowest BCUT2D eigenvalue weighted by Crippen LogP contribution is -2.23. The third-order valence-electron chi connectivity index (χ3n) is 5.91. The van der Waals surface area contributed by atoms with E-state index >= 15 is 0 Å². The van der Waals surface area contributed by atoms with Crippen molar-refractivity contribution >= 4 is 11.1 Å². The first kappa shape index (κ1) is 28.9. The first-order valence-electron chi connectivity index (χ1n) is 13.5. The van der Waals surface area contributed by atoms with Crippen LogP contribution in [0.3, 0.4) is 0 Å². The molecule has 204 valence electrons. The second-order valence-electron chi connectivity index (χ2n) is 9.89. The van der Waals surface area contributed by atoms with Crippen LogP contribution < -0.4 is 20.1 Å². The van der Waals surface area contributed by atoms with E-state index in [4.69, 9.17) is 13.9 Å². The van der Waals surface area contributed by atoms with Crippen LogP contribution in [0.25, 0.3) is 22.6 Å². The largest absolute Gasteiger partial charge is 0.494 e. The Morgan fingerprint density at radius 1 is 0.703 bits per heavy atom. The lowest BCUT2D eigenvalue weighted by Gasteiger charge is -2.10. The van der Waals surface area contributed by atoms with Gasteiger partial charge in [-0.2, -0.15) is 0 Å². The van der Waals surface area contributed by atoms with Crippen molar-refractivity contribution in [1.82, 2.24) is 25.4 Å². The number of hydrogen-bond acceptors (Lipinski definition) is 8. The summed E-state index contributed by atoms with van der Waals surface area (Å²) in [5, 5.41) is 6.92. The van der Waals surface area contributed by atoms with Crippen molar-refractivity contribution in [1.29, 1.82) is 0 Å². The summed E-state index contributed by atoms with van der Waals surface area (Å²) in [7, 11) is 8.41. The standard InChI is InChI=1S/C29H45N5O3/c1-33(2)19-5-15-30-17-7-21-35-25-11-9-24(10-12-25)29-32-27-14-13-26(23-28(27)37-29)36-22-8-18-31-16-6-20-34(3)4/h9-14,23,30-31H,5-8,15-22H2,1-4H3. The highest BCUT2D eigenvalue weighted by atomic mass is 16.5.